The van der Waals surface area contributed by atoms with Crippen molar-refractivity contribution in [3.05, 3.63) is 29.3 Å². The van der Waals surface area contributed by atoms with Crippen LogP contribution in [-0.2, 0) is 9.47 Å². The number of ether oxygens (including phenoxy) is 2. The van der Waals surface area contributed by atoms with Gasteiger partial charge in [-0.3, -0.25) is 0 Å². The zero-order chi connectivity index (χ0) is 12.5. The van der Waals surface area contributed by atoms with Gasteiger partial charge in [0, 0.05) is 5.69 Å². The van der Waals surface area contributed by atoms with Crippen LogP contribution < -0.4 is 5.32 Å². The van der Waals surface area contributed by atoms with Crippen molar-refractivity contribution in [2.24, 2.45) is 0 Å². The van der Waals surface area contributed by atoms with Gasteiger partial charge in [0.1, 0.15) is 0 Å². The molecule has 1 aromatic rings. The van der Waals surface area contributed by atoms with E-state index in [1.165, 1.54) is 11.1 Å². The largest absolute Gasteiger partial charge is 0.378 e. The SMILES string of the molecule is Cc1cc(C)cc(NC2COC(C)(C)OC2)c1. The predicted octanol–water partition coefficient (Wildman–Crippen LogP) is 2.87. The molecule has 0 bridgehead atoms. The van der Waals surface area contributed by atoms with Gasteiger partial charge >= 0.3 is 0 Å². The number of anilines is 1. The molecular formula is C14H21NO2. The lowest BCUT2D eigenvalue weighted by Gasteiger charge is -2.35. The molecule has 1 fully saturated rings. The van der Waals surface area contributed by atoms with Crippen LogP contribution in [0.15, 0.2) is 18.2 Å². The number of rotatable bonds is 2. The van der Waals surface area contributed by atoms with Crippen LogP contribution in [0.3, 0.4) is 0 Å². The second-order valence-corrected chi connectivity index (χ2v) is 5.24. The fourth-order valence-electron chi connectivity index (χ4n) is 2.07. The highest BCUT2D eigenvalue weighted by atomic mass is 16.7. The van der Waals surface area contributed by atoms with E-state index in [2.05, 4.69) is 37.4 Å². The molecule has 3 heteroatoms. The first-order valence-corrected chi connectivity index (χ1v) is 6.07. The van der Waals surface area contributed by atoms with E-state index in [1.54, 1.807) is 0 Å². The summed E-state index contributed by atoms with van der Waals surface area (Å²) in [7, 11) is 0. The van der Waals surface area contributed by atoms with Crippen molar-refractivity contribution in [3.8, 4) is 0 Å². The summed E-state index contributed by atoms with van der Waals surface area (Å²) in [4.78, 5) is 0. The van der Waals surface area contributed by atoms with E-state index in [9.17, 15) is 0 Å². The number of benzene rings is 1. The average Bonchev–Trinajstić information content (AvgIpc) is 2.20. The van der Waals surface area contributed by atoms with Gasteiger partial charge < -0.3 is 14.8 Å². The minimum absolute atomic E-state index is 0.226. The minimum Gasteiger partial charge on any atom is -0.378 e. The Morgan fingerprint density at radius 2 is 1.59 bits per heavy atom. The first-order chi connectivity index (χ1) is 7.94. The number of nitrogens with one attached hydrogen (secondary N) is 1. The zero-order valence-corrected chi connectivity index (χ0v) is 11.0. The maximum Gasteiger partial charge on any atom is 0.162 e. The van der Waals surface area contributed by atoms with Crippen molar-refractivity contribution >= 4 is 5.69 Å². The van der Waals surface area contributed by atoms with Crippen molar-refractivity contribution in [2.75, 3.05) is 18.5 Å². The molecule has 1 N–H and O–H groups in total. The van der Waals surface area contributed by atoms with Gasteiger partial charge in [0.15, 0.2) is 5.79 Å². The summed E-state index contributed by atoms with van der Waals surface area (Å²) in [6, 6.07) is 6.69. The highest BCUT2D eigenvalue weighted by molar-refractivity contribution is 5.49. The molecule has 0 unspecified atom stereocenters. The van der Waals surface area contributed by atoms with Crippen molar-refractivity contribution in [1.82, 2.24) is 0 Å². The maximum atomic E-state index is 5.63. The number of hydrogen-bond donors (Lipinski definition) is 1. The number of aryl methyl sites for hydroxylation is 2. The molecule has 1 aliphatic rings. The second kappa shape index (κ2) is 4.67. The lowest BCUT2D eigenvalue weighted by Crippen LogP contribution is -2.45. The molecule has 0 spiro atoms. The van der Waals surface area contributed by atoms with Crippen LogP contribution in [-0.4, -0.2) is 25.0 Å². The van der Waals surface area contributed by atoms with Gasteiger partial charge in [-0.1, -0.05) is 6.07 Å². The van der Waals surface area contributed by atoms with Crippen molar-refractivity contribution in [1.29, 1.82) is 0 Å². The van der Waals surface area contributed by atoms with E-state index in [4.69, 9.17) is 9.47 Å². The lowest BCUT2D eigenvalue weighted by molar-refractivity contribution is -0.247. The van der Waals surface area contributed by atoms with Crippen molar-refractivity contribution in [3.63, 3.8) is 0 Å². The summed E-state index contributed by atoms with van der Waals surface area (Å²) in [6.07, 6.45) is 0. The first kappa shape index (κ1) is 12.4. The molecule has 1 heterocycles. The van der Waals surface area contributed by atoms with E-state index in [1.807, 2.05) is 13.8 Å². The summed E-state index contributed by atoms with van der Waals surface area (Å²) in [5.74, 6) is -0.444. The number of hydrogen-bond acceptors (Lipinski definition) is 3. The summed E-state index contributed by atoms with van der Waals surface area (Å²) < 4.78 is 11.3. The van der Waals surface area contributed by atoms with Crippen molar-refractivity contribution in [2.45, 2.75) is 39.5 Å². The first-order valence-electron chi connectivity index (χ1n) is 6.07. The predicted molar refractivity (Wildman–Crippen MR) is 69.3 cm³/mol. The molecule has 0 radical (unpaired) electrons. The van der Waals surface area contributed by atoms with Crippen LogP contribution in [0.1, 0.15) is 25.0 Å². The Balaban J connectivity index is 1.97. The third kappa shape index (κ3) is 3.45. The molecular weight excluding hydrogens is 214 g/mol. The van der Waals surface area contributed by atoms with Gasteiger partial charge in [0.25, 0.3) is 0 Å². The van der Waals surface area contributed by atoms with Crippen molar-refractivity contribution < 1.29 is 9.47 Å². The fraction of sp³-hybridized carbons (Fsp3) is 0.571. The Labute approximate surface area is 103 Å². The van der Waals surface area contributed by atoms with E-state index in [-0.39, 0.29) is 6.04 Å². The summed E-state index contributed by atoms with van der Waals surface area (Å²) in [5.41, 5.74) is 3.68. The van der Waals surface area contributed by atoms with E-state index in [0.717, 1.165) is 5.69 Å². The second-order valence-electron chi connectivity index (χ2n) is 5.24. The minimum atomic E-state index is -0.444. The van der Waals surface area contributed by atoms with Crippen LogP contribution in [0, 0.1) is 13.8 Å². The Bertz CT molecular complexity index is 371. The molecule has 1 aliphatic heterocycles. The molecule has 1 aromatic carbocycles. The van der Waals surface area contributed by atoms with Crippen LogP contribution in [0.25, 0.3) is 0 Å². The van der Waals surface area contributed by atoms with Crippen LogP contribution in [0.5, 0.6) is 0 Å². The summed E-state index contributed by atoms with van der Waals surface area (Å²) >= 11 is 0. The van der Waals surface area contributed by atoms with Gasteiger partial charge in [-0.15, -0.1) is 0 Å². The Kier molecular flexibility index (Phi) is 3.40. The van der Waals surface area contributed by atoms with Crippen LogP contribution in [0.2, 0.25) is 0 Å². The van der Waals surface area contributed by atoms with E-state index >= 15 is 0 Å². The summed E-state index contributed by atoms with van der Waals surface area (Å²) in [5, 5.41) is 3.45. The molecule has 0 saturated carbocycles. The molecule has 1 saturated heterocycles. The lowest BCUT2D eigenvalue weighted by atomic mass is 10.1. The standard InChI is InChI=1S/C14H21NO2/c1-10-5-11(2)7-12(6-10)15-13-8-16-14(3,4)17-9-13/h5-7,13,15H,8-9H2,1-4H3. The van der Waals surface area contributed by atoms with Crippen LogP contribution in [0.4, 0.5) is 5.69 Å². The van der Waals surface area contributed by atoms with Gasteiger partial charge in [-0.2, -0.15) is 0 Å². The zero-order valence-electron chi connectivity index (χ0n) is 11.0. The molecule has 94 valence electrons. The third-order valence-electron chi connectivity index (χ3n) is 2.86. The summed E-state index contributed by atoms with van der Waals surface area (Å²) in [6.45, 7) is 9.46. The smallest absolute Gasteiger partial charge is 0.162 e. The molecule has 0 aromatic heterocycles. The fourth-order valence-corrected chi connectivity index (χ4v) is 2.07. The maximum absolute atomic E-state index is 5.63. The van der Waals surface area contributed by atoms with E-state index in [0.29, 0.717) is 13.2 Å². The Morgan fingerprint density at radius 1 is 1.06 bits per heavy atom. The molecule has 2 rings (SSSR count). The van der Waals surface area contributed by atoms with Gasteiger partial charge in [-0.25, -0.2) is 0 Å². The quantitative estimate of drug-likeness (QED) is 0.855. The van der Waals surface area contributed by atoms with Gasteiger partial charge in [0.05, 0.1) is 19.3 Å². The monoisotopic (exact) mass is 235 g/mol. The molecule has 0 amide bonds. The topological polar surface area (TPSA) is 30.5 Å². The Hall–Kier alpha value is -1.06. The van der Waals surface area contributed by atoms with Crippen LogP contribution >= 0.6 is 0 Å². The van der Waals surface area contributed by atoms with Gasteiger partial charge in [-0.05, 0) is 51.0 Å². The molecule has 0 atom stereocenters. The van der Waals surface area contributed by atoms with E-state index < -0.39 is 5.79 Å². The average molecular weight is 235 g/mol. The molecule has 0 aliphatic carbocycles. The normalized spacial score (nSPS) is 20.2. The highest BCUT2D eigenvalue weighted by Gasteiger charge is 2.28. The van der Waals surface area contributed by atoms with Gasteiger partial charge in [0.2, 0.25) is 0 Å². The Morgan fingerprint density at radius 3 is 2.12 bits per heavy atom. The third-order valence-corrected chi connectivity index (χ3v) is 2.86. The molecule has 17 heavy (non-hydrogen) atoms. The molecule has 3 nitrogen and oxygen atoms in total. The highest BCUT2D eigenvalue weighted by Crippen LogP contribution is 2.20.